The fraction of sp³-hybridized carbons (Fsp3) is 0.688. The maximum atomic E-state index is 12.1. The van der Waals surface area contributed by atoms with Gasteiger partial charge in [0, 0.05) is 12.6 Å². The molecule has 2 rings (SSSR count). The van der Waals surface area contributed by atoms with Gasteiger partial charge in [0.2, 0.25) is 5.91 Å². The maximum Gasteiger partial charge on any atom is 0.234 e. The lowest BCUT2D eigenvalue weighted by molar-refractivity contribution is -0.123. The molecule has 0 saturated carbocycles. The van der Waals surface area contributed by atoms with Crippen molar-refractivity contribution in [2.24, 2.45) is 5.92 Å². The number of hydrogen-bond donors (Lipinski definition) is 2. The van der Waals surface area contributed by atoms with E-state index in [0.717, 1.165) is 25.4 Å². The predicted octanol–water partition coefficient (Wildman–Crippen LogP) is 1.61. The van der Waals surface area contributed by atoms with Crippen LogP contribution in [0.3, 0.4) is 0 Å². The van der Waals surface area contributed by atoms with Crippen molar-refractivity contribution in [3.05, 3.63) is 24.2 Å². The van der Waals surface area contributed by atoms with Crippen molar-refractivity contribution < 1.29 is 9.21 Å². The lowest BCUT2D eigenvalue weighted by Gasteiger charge is -2.32. The molecule has 5 heteroatoms. The Kier molecular flexibility index (Phi) is 6.26. The van der Waals surface area contributed by atoms with E-state index in [0.29, 0.717) is 25.0 Å². The molecule has 1 atom stereocenters. The van der Waals surface area contributed by atoms with E-state index in [1.54, 1.807) is 6.26 Å². The molecule has 0 aliphatic carbocycles. The summed E-state index contributed by atoms with van der Waals surface area (Å²) < 4.78 is 5.22. The van der Waals surface area contributed by atoms with Crippen molar-refractivity contribution in [3.63, 3.8) is 0 Å². The van der Waals surface area contributed by atoms with Crippen LogP contribution in [0.1, 0.15) is 32.4 Å². The molecule has 0 radical (unpaired) electrons. The molecule has 0 aromatic carbocycles. The first-order chi connectivity index (χ1) is 10.1. The van der Waals surface area contributed by atoms with Gasteiger partial charge in [0.25, 0.3) is 0 Å². The highest BCUT2D eigenvalue weighted by atomic mass is 16.3. The van der Waals surface area contributed by atoms with Crippen molar-refractivity contribution in [1.82, 2.24) is 15.5 Å². The number of carbonyl (C=O) groups excluding carboxylic acids is 1. The van der Waals surface area contributed by atoms with Crippen molar-refractivity contribution in [2.45, 2.75) is 39.3 Å². The average Bonchev–Trinajstić information content (AvgIpc) is 2.99. The van der Waals surface area contributed by atoms with Gasteiger partial charge in [-0.3, -0.25) is 9.69 Å². The highest BCUT2D eigenvalue weighted by molar-refractivity contribution is 5.77. The topological polar surface area (TPSA) is 57.5 Å². The lowest BCUT2D eigenvalue weighted by atomic mass is 9.98. The summed E-state index contributed by atoms with van der Waals surface area (Å²) in [5.41, 5.74) is 0. The van der Waals surface area contributed by atoms with Crippen molar-refractivity contribution in [1.29, 1.82) is 0 Å². The number of hydrogen-bond acceptors (Lipinski definition) is 4. The molecule has 1 amide bonds. The fourth-order valence-electron chi connectivity index (χ4n) is 2.71. The van der Waals surface area contributed by atoms with E-state index in [4.69, 9.17) is 4.42 Å². The summed E-state index contributed by atoms with van der Waals surface area (Å²) in [5.74, 6) is 1.50. The first kappa shape index (κ1) is 16.0. The van der Waals surface area contributed by atoms with Gasteiger partial charge in [0.05, 0.1) is 19.4 Å². The fourth-order valence-corrected chi connectivity index (χ4v) is 2.71. The molecule has 1 fully saturated rings. The SMILES string of the molecule is CC(C)N(CC(=O)NCc1ccco1)CC1CCCNC1. The molecular formula is C16H27N3O2. The second-order valence-corrected chi connectivity index (χ2v) is 6.09. The van der Waals surface area contributed by atoms with E-state index in [-0.39, 0.29) is 5.91 Å². The molecule has 5 nitrogen and oxygen atoms in total. The molecule has 2 heterocycles. The van der Waals surface area contributed by atoms with E-state index < -0.39 is 0 Å². The summed E-state index contributed by atoms with van der Waals surface area (Å²) >= 11 is 0. The Morgan fingerprint density at radius 3 is 3.05 bits per heavy atom. The maximum absolute atomic E-state index is 12.1. The van der Waals surface area contributed by atoms with Crippen molar-refractivity contribution in [2.75, 3.05) is 26.2 Å². The van der Waals surface area contributed by atoms with Gasteiger partial charge in [-0.1, -0.05) is 0 Å². The quantitative estimate of drug-likeness (QED) is 0.802. The molecule has 0 bridgehead atoms. The van der Waals surface area contributed by atoms with Crippen LogP contribution in [0, 0.1) is 5.92 Å². The van der Waals surface area contributed by atoms with Crippen LogP contribution in [0.2, 0.25) is 0 Å². The summed E-state index contributed by atoms with van der Waals surface area (Å²) in [6.45, 7) is 8.39. The Balaban J connectivity index is 1.76. The number of amides is 1. The Morgan fingerprint density at radius 2 is 2.43 bits per heavy atom. The van der Waals surface area contributed by atoms with Crippen LogP contribution in [-0.4, -0.2) is 43.0 Å². The average molecular weight is 293 g/mol. The van der Waals surface area contributed by atoms with E-state index in [2.05, 4.69) is 29.4 Å². The summed E-state index contributed by atoms with van der Waals surface area (Å²) in [7, 11) is 0. The molecule has 1 aliphatic heterocycles. The molecule has 1 aromatic heterocycles. The third-order valence-corrected chi connectivity index (χ3v) is 4.01. The molecule has 1 unspecified atom stereocenters. The highest BCUT2D eigenvalue weighted by Gasteiger charge is 2.20. The van der Waals surface area contributed by atoms with Crippen molar-refractivity contribution in [3.8, 4) is 0 Å². The van der Waals surface area contributed by atoms with Gasteiger partial charge in [-0.2, -0.15) is 0 Å². The normalized spacial score (nSPS) is 19.1. The van der Waals surface area contributed by atoms with Gasteiger partial charge >= 0.3 is 0 Å². The summed E-state index contributed by atoms with van der Waals surface area (Å²) in [6, 6.07) is 4.08. The number of nitrogens with zero attached hydrogens (tertiary/aromatic N) is 1. The van der Waals surface area contributed by atoms with Gasteiger partial charge < -0.3 is 15.1 Å². The van der Waals surface area contributed by atoms with E-state index in [1.807, 2.05) is 12.1 Å². The lowest BCUT2D eigenvalue weighted by Crippen LogP contribution is -2.45. The number of piperidine rings is 1. The molecular weight excluding hydrogens is 266 g/mol. The zero-order valence-electron chi connectivity index (χ0n) is 13.1. The third kappa shape index (κ3) is 5.52. The second kappa shape index (κ2) is 8.20. The number of nitrogens with one attached hydrogen (secondary N) is 2. The number of carbonyl (C=O) groups is 1. The number of furan rings is 1. The van der Waals surface area contributed by atoms with Gasteiger partial charge in [-0.25, -0.2) is 0 Å². The first-order valence-electron chi connectivity index (χ1n) is 7.89. The smallest absolute Gasteiger partial charge is 0.234 e. The molecule has 118 valence electrons. The van der Waals surface area contributed by atoms with Crippen molar-refractivity contribution >= 4 is 5.91 Å². The van der Waals surface area contributed by atoms with Gasteiger partial charge in [-0.15, -0.1) is 0 Å². The monoisotopic (exact) mass is 293 g/mol. The van der Waals surface area contributed by atoms with Crippen LogP contribution in [-0.2, 0) is 11.3 Å². The molecule has 1 saturated heterocycles. The number of rotatable bonds is 7. The Labute approximate surface area is 127 Å². The minimum atomic E-state index is 0.0591. The molecule has 21 heavy (non-hydrogen) atoms. The Hall–Kier alpha value is -1.33. The molecule has 0 spiro atoms. The minimum Gasteiger partial charge on any atom is -0.467 e. The Bertz CT molecular complexity index is 411. The largest absolute Gasteiger partial charge is 0.467 e. The highest BCUT2D eigenvalue weighted by Crippen LogP contribution is 2.13. The van der Waals surface area contributed by atoms with Gasteiger partial charge in [0.1, 0.15) is 5.76 Å². The van der Waals surface area contributed by atoms with E-state index in [9.17, 15) is 4.79 Å². The van der Waals surface area contributed by atoms with Gasteiger partial charge in [0.15, 0.2) is 0 Å². The van der Waals surface area contributed by atoms with Crippen LogP contribution >= 0.6 is 0 Å². The summed E-state index contributed by atoms with van der Waals surface area (Å²) in [4.78, 5) is 14.3. The third-order valence-electron chi connectivity index (χ3n) is 4.01. The summed E-state index contributed by atoms with van der Waals surface area (Å²) in [5, 5.41) is 6.35. The standard InChI is InChI=1S/C16H27N3O2/c1-13(2)19(11-14-5-3-7-17-9-14)12-16(20)18-10-15-6-4-8-21-15/h4,6,8,13-14,17H,3,5,7,9-12H2,1-2H3,(H,18,20). The van der Waals surface area contributed by atoms with E-state index in [1.165, 1.54) is 12.8 Å². The summed E-state index contributed by atoms with van der Waals surface area (Å²) in [6.07, 6.45) is 4.11. The van der Waals surface area contributed by atoms with Crippen LogP contribution < -0.4 is 10.6 Å². The first-order valence-corrected chi connectivity index (χ1v) is 7.89. The molecule has 1 aromatic rings. The van der Waals surface area contributed by atoms with Crippen LogP contribution in [0.15, 0.2) is 22.8 Å². The molecule has 1 aliphatic rings. The van der Waals surface area contributed by atoms with Gasteiger partial charge in [-0.05, 0) is 57.8 Å². The predicted molar refractivity (Wildman–Crippen MR) is 82.9 cm³/mol. The van der Waals surface area contributed by atoms with E-state index >= 15 is 0 Å². The minimum absolute atomic E-state index is 0.0591. The van der Waals surface area contributed by atoms with Crippen LogP contribution in [0.5, 0.6) is 0 Å². The van der Waals surface area contributed by atoms with Crippen LogP contribution in [0.4, 0.5) is 0 Å². The zero-order chi connectivity index (χ0) is 15.1. The molecule has 2 N–H and O–H groups in total. The zero-order valence-corrected chi connectivity index (χ0v) is 13.1. The van der Waals surface area contributed by atoms with Crippen LogP contribution in [0.25, 0.3) is 0 Å². The Morgan fingerprint density at radius 1 is 1.57 bits per heavy atom. The second-order valence-electron chi connectivity index (χ2n) is 6.09.